The van der Waals surface area contributed by atoms with Crippen LogP contribution in [0.1, 0.15) is 110 Å². The number of nitrogens with two attached hydrogens (primary N) is 3. The minimum atomic E-state index is -2.14. The van der Waals surface area contributed by atoms with Gasteiger partial charge in [-0.15, -0.1) is 0 Å². The van der Waals surface area contributed by atoms with Crippen LogP contribution in [0, 0.1) is 5.92 Å². The molecule has 5 aromatic rings. The highest BCUT2D eigenvalue weighted by molar-refractivity contribution is 6.30. The quantitative estimate of drug-likeness (QED) is 0.0151. The summed E-state index contributed by atoms with van der Waals surface area (Å²) in [5.74, 6) is -13.4. The van der Waals surface area contributed by atoms with Gasteiger partial charge in [0.05, 0.1) is 12.5 Å². The van der Waals surface area contributed by atoms with Gasteiger partial charge in [-0.1, -0.05) is 98.2 Å². The summed E-state index contributed by atoms with van der Waals surface area (Å²) >= 11 is 6.25. The minimum absolute atomic E-state index is 0.00114. The molecule has 4 aromatic carbocycles. The van der Waals surface area contributed by atoms with Gasteiger partial charge in [0.25, 0.3) is 5.91 Å². The van der Waals surface area contributed by atoms with Crippen LogP contribution in [-0.2, 0) is 86.3 Å². The van der Waals surface area contributed by atoms with Crippen LogP contribution in [0.25, 0.3) is 21.7 Å². The zero-order valence-corrected chi connectivity index (χ0v) is 56.7. The van der Waals surface area contributed by atoms with E-state index in [2.05, 4.69) is 52.5 Å². The SMILES string of the molecule is CC(=O)N[C@H](Cc1ccc2ccccc2c1)C(=O)N[C@H](Cc1ccc(Cl)cc1)C(=O)N[C@H](Cc1c[nH]c2ccccc12)C(=O)N[C@@H](CC(=O)O)C(=O)N[C@@H]1CCC(=O)C(C)(C)OC(C(=O)N2CCC[C@H]2C(=O)N[C@H](C)C(N)=O)C(=O)[C@H](CC(C)C)NC(=O)[C@@H](CCCN=C(N)N)NC1=O. The molecule has 29 nitrogen and oxygen atoms in total. The molecule has 1 unspecified atom stereocenters. The molecule has 0 spiro atoms. The Balaban J connectivity index is 1.21. The summed E-state index contributed by atoms with van der Waals surface area (Å²) in [5, 5.41) is 34.0. The van der Waals surface area contributed by atoms with Gasteiger partial charge in [-0.3, -0.25) is 67.3 Å². The van der Waals surface area contributed by atoms with E-state index in [1.807, 2.05) is 42.5 Å². The number of carboxylic acids is 1. The third kappa shape index (κ3) is 21.6. The highest BCUT2D eigenvalue weighted by Crippen LogP contribution is 2.27. The van der Waals surface area contributed by atoms with Crippen molar-refractivity contribution in [2.75, 3.05) is 13.1 Å². The standard InChI is InChI=1S/C69H87ClN14O15/c1-36(2)29-49-57(89)58(67(98)84-28-12-18-54(84)66(97)76-37(3)59(71)90)99-69(5,6)55(86)26-25-48(61(92)78-47(60(91)80-49)17-11-27-74-68(72)73)79-65(96)53(34-56(87)88)83-64(95)52(33-43-35-75-46-16-10-9-15-45(43)46)82-63(94)51(31-39-20-23-44(70)24-21-39)81-62(93)50(77-38(4)85)32-40-19-22-41-13-7-8-14-42(41)30-40/h7-10,13-16,19-24,30,35-37,47-54,58,75H,11-12,17-18,25-29,31-34H2,1-6H3,(H2,71,90)(H,76,97)(H,77,85)(H,78,92)(H,79,96)(H,80,91)(H,81,93)(H,82,94)(H,83,95)(H,87,88)(H4,72,73,74)/t37-,47-,48-,49+,50-,51-,52-,53+,54+,58?/m1/s1. The Bertz CT molecular complexity index is 3870. The molecule has 2 saturated heterocycles. The number of halogens is 1. The number of nitrogens with one attached hydrogen (secondary N) is 9. The third-order valence-corrected chi connectivity index (χ3v) is 17.4. The molecular weight excluding hydrogens is 1300 g/mol. The van der Waals surface area contributed by atoms with Crippen molar-refractivity contribution in [2.24, 2.45) is 28.1 Å². The number of amides is 10. The number of aliphatic carboxylic acids is 1. The summed E-state index contributed by atoms with van der Waals surface area (Å²) in [4.78, 5) is 192. The number of ether oxygens (including phenoxy) is 1. The van der Waals surface area contributed by atoms with Crippen LogP contribution in [-0.4, -0.2) is 177 Å². The topological polar surface area (TPSA) is 457 Å². The Morgan fingerprint density at radius 1 is 0.717 bits per heavy atom. The Labute approximate surface area is 576 Å². The molecule has 99 heavy (non-hydrogen) atoms. The first-order chi connectivity index (χ1) is 46.9. The van der Waals surface area contributed by atoms with E-state index in [0.717, 1.165) is 15.7 Å². The van der Waals surface area contributed by atoms with Crippen LogP contribution in [0.15, 0.2) is 102 Å². The van der Waals surface area contributed by atoms with Crippen LogP contribution in [0.2, 0.25) is 5.02 Å². The van der Waals surface area contributed by atoms with E-state index in [-0.39, 0.29) is 76.3 Å². The van der Waals surface area contributed by atoms with Crippen molar-refractivity contribution < 1.29 is 72.2 Å². The molecule has 2 aliphatic heterocycles. The number of aliphatic imine (C=N–C) groups is 1. The number of Topliss-reactive ketones (excluding diaryl/α,β-unsaturated/α-hetero) is 2. The van der Waals surface area contributed by atoms with Gasteiger partial charge in [-0.2, -0.15) is 0 Å². The second-order valence-electron chi connectivity index (χ2n) is 25.8. The summed E-state index contributed by atoms with van der Waals surface area (Å²) < 4.78 is 6.25. The first-order valence-electron chi connectivity index (χ1n) is 32.7. The molecule has 2 fully saturated rings. The number of para-hydroxylation sites is 1. The monoisotopic (exact) mass is 1390 g/mol. The lowest BCUT2D eigenvalue weighted by Crippen LogP contribution is -2.62. The first-order valence-corrected chi connectivity index (χ1v) is 33.0. The molecule has 10 amide bonds. The Morgan fingerprint density at radius 2 is 1.32 bits per heavy atom. The van der Waals surface area contributed by atoms with Gasteiger partial charge < -0.3 is 79.5 Å². The average Bonchev–Trinajstić information content (AvgIpc) is 1.79. The normalized spacial score (nSPS) is 19.8. The van der Waals surface area contributed by atoms with Gasteiger partial charge in [-0.05, 0) is 111 Å². The molecule has 0 aliphatic carbocycles. The van der Waals surface area contributed by atoms with Crippen molar-refractivity contribution >= 4 is 116 Å². The van der Waals surface area contributed by atoms with E-state index in [0.29, 0.717) is 32.6 Å². The van der Waals surface area contributed by atoms with Crippen molar-refractivity contribution in [3.63, 3.8) is 0 Å². The fourth-order valence-electron chi connectivity index (χ4n) is 11.8. The number of primary amides is 1. The van der Waals surface area contributed by atoms with Crippen molar-refractivity contribution in [1.29, 1.82) is 0 Å². The van der Waals surface area contributed by atoms with Gasteiger partial charge in [0, 0.05) is 67.8 Å². The number of guanidine groups is 1. The number of carbonyl (C=O) groups is 13. The predicted octanol–water partition coefficient (Wildman–Crippen LogP) is 1.07. The summed E-state index contributed by atoms with van der Waals surface area (Å²) in [6.45, 7) is 8.42. The average molecular weight is 1390 g/mol. The molecule has 2 aliphatic rings. The van der Waals surface area contributed by atoms with E-state index in [4.69, 9.17) is 33.5 Å². The van der Waals surface area contributed by atoms with Crippen LogP contribution in [0.3, 0.4) is 0 Å². The lowest BCUT2D eigenvalue weighted by atomic mass is 9.93. The highest BCUT2D eigenvalue weighted by atomic mass is 35.5. The van der Waals surface area contributed by atoms with E-state index in [1.54, 1.807) is 68.6 Å². The molecule has 0 radical (unpaired) electrons. The fourth-order valence-corrected chi connectivity index (χ4v) is 11.9. The van der Waals surface area contributed by atoms with Gasteiger partial charge in [0.15, 0.2) is 23.6 Å². The number of likely N-dealkylation sites (tertiary alicyclic amines) is 1. The summed E-state index contributed by atoms with van der Waals surface area (Å²) in [7, 11) is 0. The Morgan fingerprint density at radius 3 is 1.97 bits per heavy atom. The lowest BCUT2D eigenvalue weighted by molar-refractivity contribution is -0.170. The smallest absolute Gasteiger partial charge is 0.305 e. The maximum atomic E-state index is 15.1. The van der Waals surface area contributed by atoms with Gasteiger partial charge in [0.1, 0.15) is 53.9 Å². The maximum absolute atomic E-state index is 15.1. The molecule has 7 rings (SSSR count). The van der Waals surface area contributed by atoms with Crippen molar-refractivity contribution in [2.45, 2.75) is 178 Å². The molecule has 530 valence electrons. The number of H-pyrrole nitrogens is 1. The first kappa shape index (κ1) is 76.1. The number of benzene rings is 4. The third-order valence-electron chi connectivity index (χ3n) is 17.1. The number of carbonyl (C=O) groups excluding carboxylic acids is 12. The van der Waals surface area contributed by atoms with E-state index < -0.39 is 162 Å². The fraction of sp³-hybridized carbons (Fsp3) is 0.449. The zero-order valence-electron chi connectivity index (χ0n) is 55.9. The van der Waals surface area contributed by atoms with Gasteiger partial charge >= 0.3 is 5.97 Å². The molecule has 3 heterocycles. The maximum Gasteiger partial charge on any atom is 0.305 e. The number of fused-ring (bicyclic) bond motifs is 2. The second kappa shape index (κ2) is 34.8. The lowest BCUT2D eigenvalue weighted by Gasteiger charge is -2.35. The number of rotatable bonds is 27. The van der Waals surface area contributed by atoms with Crippen LogP contribution in [0.5, 0.6) is 0 Å². The van der Waals surface area contributed by atoms with Gasteiger partial charge in [0.2, 0.25) is 53.2 Å². The molecule has 1 aromatic heterocycles. The summed E-state index contributed by atoms with van der Waals surface area (Å²) in [6, 6.07) is 12.8. The largest absolute Gasteiger partial charge is 0.481 e. The second-order valence-corrected chi connectivity index (χ2v) is 26.2. The summed E-state index contributed by atoms with van der Waals surface area (Å²) in [6.07, 6.45) is -3.36. The molecule has 10 atom stereocenters. The van der Waals surface area contributed by atoms with E-state index in [1.165, 1.54) is 27.7 Å². The molecule has 0 bridgehead atoms. The van der Waals surface area contributed by atoms with E-state index >= 15 is 9.59 Å². The van der Waals surface area contributed by atoms with E-state index in [9.17, 15) is 57.8 Å². The van der Waals surface area contributed by atoms with Crippen molar-refractivity contribution in [3.05, 3.63) is 119 Å². The van der Waals surface area contributed by atoms with Crippen LogP contribution in [0.4, 0.5) is 0 Å². The zero-order chi connectivity index (χ0) is 72.4. The number of ketones is 2. The van der Waals surface area contributed by atoms with Crippen molar-refractivity contribution in [1.82, 2.24) is 52.4 Å². The number of carboxylic acid groups (broad SMARTS) is 1. The van der Waals surface area contributed by atoms with Crippen LogP contribution < -0.4 is 59.7 Å². The number of nitrogens with zero attached hydrogens (tertiary/aromatic N) is 2. The highest BCUT2D eigenvalue weighted by Gasteiger charge is 2.47. The van der Waals surface area contributed by atoms with Crippen molar-refractivity contribution in [3.8, 4) is 0 Å². The number of aromatic amines is 1. The Kier molecular flexibility index (Phi) is 26.7. The van der Waals surface area contributed by atoms with Crippen LogP contribution >= 0.6 is 11.6 Å². The number of hydrogen-bond donors (Lipinski definition) is 13. The summed E-state index contributed by atoms with van der Waals surface area (Å²) in [5.41, 5.74) is 16.8. The number of aromatic nitrogens is 1. The molecule has 30 heteroatoms. The number of hydrogen-bond acceptors (Lipinski definition) is 15. The molecule has 0 saturated carbocycles. The molecule has 16 N–H and O–H groups in total. The minimum Gasteiger partial charge on any atom is -0.481 e. The Hall–Kier alpha value is -10.3. The van der Waals surface area contributed by atoms with Gasteiger partial charge in [-0.25, -0.2) is 0 Å². The predicted molar refractivity (Wildman–Crippen MR) is 365 cm³/mol. The molecular formula is C69H87ClN14O15.